The van der Waals surface area contributed by atoms with Crippen molar-refractivity contribution in [1.29, 1.82) is 0 Å². The zero-order chi connectivity index (χ0) is 14.6. The number of hydrogen-bond acceptors (Lipinski definition) is 2. The molecule has 1 fully saturated rings. The molecule has 1 saturated carbocycles. The molecule has 0 heterocycles. The highest BCUT2D eigenvalue weighted by atomic mass is 79.9. The van der Waals surface area contributed by atoms with Gasteiger partial charge in [-0.25, -0.2) is 0 Å². The van der Waals surface area contributed by atoms with Crippen molar-refractivity contribution in [2.75, 3.05) is 6.54 Å². The first-order chi connectivity index (χ1) is 9.46. The molecule has 0 spiro atoms. The zero-order valence-electron chi connectivity index (χ0n) is 12.8. The summed E-state index contributed by atoms with van der Waals surface area (Å²) in [6.07, 6.45) is 5.56. The fraction of sp³-hybridized carbons (Fsp3) is 0.647. The molecular formula is C17H26BrNO. The number of hydrogen-bond donors (Lipinski definition) is 1. The van der Waals surface area contributed by atoms with Gasteiger partial charge in [0, 0.05) is 16.6 Å². The van der Waals surface area contributed by atoms with Gasteiger partial charge in [0.2, 0.25) is 0 Å². The van der Waals surface area contributed by atoms with Crippen LogP contribution in [0.4, 0.5) is 0 Å². The third-order valence-corrected chi connectivity index (χ3v) is 4.45. The van der Waals surface area contributed by atoms with Crippen molar-refractivity contribution in [3.05, 3.63) is 34.3 Å². The molecule has 1 aromatic carbocycles. The summed E-state index contributed by atoms with van der Waals surface area (Å²) in [6, 6.07) is 8.39. The molecule has 1 aliphatic carbocycles. The van der Waals surface area contributed by atoms with E-state index in [1.807, 2.05) is 0 Å². The summed E-state index contributed by atoms with van der Waals surface area (Å²) in [5.41, 5.74) is 1.36. The first kappa shape index (κ1) is 16.0. The first-order valence-corrected chi connectivity index (χ1v) is 8.40. The third kappa shape index (κ3) is 4.87. The van der Waals surface area contributed by atoms with Crippen LogP contribution in [0.15, 0.2) is 28.7 Å². The molecule has 1 atom stereocenters. The molecular weight excluding hydrogens is 314 g/mol. The Labute approximate surface area is 131 Å². The highest BCUT2D eigenvalue weighted by Gasteiger charge is 2.24. The van der Waals surface area contributed by atoms with Gasteiger partial charge in [-0.2, -0.15) is 0 Å². The van der Waals surface area contributed by atoms with E-state index in [1.54, 1.807) is 0 Å². The van der Waals surface area contributed by atoms with E-state index in [2.05, 4.69) is 66.3 Å². The van der Waals surface area contributed by atoms with E-state index in [9.17, 15) is 0 Å². The topological polar surface area (TPSA) is 21.3 Å². The largest absolute Gasteiger partial charge is 0.369 e. The average Bonchev–Trinajstić information content (AvgIpc) is 2.87. The lowest BCUT2D eigenvalue weighted by atomic mass is 10.1. The Morgan fingerprint density at radius 1 is 1.25 bits per heavy atom. The highest BCUT2D eigenvalue weighted by molar-refractivity contribution is 9.10. The van der Waals surface area contributed by atoms with E-state index < -0.39 is 0 Å². The lowest BCUT2D eigenvalue weighted by Crippen LogP contribution is -2.39. The van der Waals surface area contributed by atoms with Gasteiger partial charge in [-0.15, -0.1) is 0 Å². The van der Waals surface area contributed by atoms with Crippen LogP contribution in [0.1, 0.15) is 58.1 Å². The van der Waals surface area contributed by atoms with E-state index in [1.165, 1.54) is 31.2 Å². The minimum absolute atomic E-state index is 0.110. The fourth-order valence-corrected chi connectivity index (χ4v) is 3.16. The van der Waals surface area contributed by atoms with Crippen molar-refractivity contribution in [3.63, 3.8) is 0 Å². The predicted molar refractivity (Wildman–Crippen MR) is 88.0 cm³/mol. The van der Waals surface area contributed by atoms with Crippen molar-refractivity contribution in [3.8, 4) is 0 Å². The molecule has 0 aromatic heterocycles. The lowest BCUT2D eigenvalue weighted by Gasteiger charge is -2.28. The van der Waals surface area contributed by atoms with Crippen LogP contribution in [0.25, 0.3) is 0 Å². The molecule has 1 aromatic rings. The molecule has 1 N–H and O–H groups in total. The molecule has 3 heteroatoms. The standard InChI is InChI=1S/C17H26BrNO/c1-17(2,3)19-12-16(20-13-8-4-5-9-13)14-10-6-7-11-15(14)18/h6-7,10-11,13,16,19H,4-5,8-9,12H2,1-3H3. The maximum Gasteiger partial charge on any atom is 0.0964 e. The van der Waals surface area contributed by atoms with Gasteiger partial charge in [-0.1, -0.05) is 47.0 Å². The Kier molecular flexibility index (Phi) is 5.65. The van der Waals surface area contributed by atoms with Crippen LogP contribution in [0.5, 0.6) is 0 Å². The maximum atomic E-state index is 6.38. The monoisotopic (exact) mass is 339 g/mol. The number of ether oxygens (including phenoxy) is 1. The van der Waals surface area contributed by atoms with Crippen molar-refractivity contribution < 1.29 is 4.74 Å². The number of nitrogens with one attached hydrogen (secondary N) is 1. The molecule has 2 nitrogen and oxygen atoms in total. The van der Waals surface area contributed by atoms with Crippen LogP contribution >= 0.6 is 15.9 Å². The van der Waals surface area contributed by atoms with E-state index in [-0.39, 0.29) is 11.6 Å². The van der Waals surface area contributed by atoms with Gasteiger partial charge in [0.1, 0.15) is 0 Å². The van der Waals surface area contributed by atoms with Crippen molar-refractivity contribution in [2.45, 2.75) is 64.2 Å². The smallest absolute Gasteiger partial charge is 0.0964 e. The predicted octanol–water partition coefficient (Wildman–Crippen LogP) is 4.84. The Hall–Kier alpha value is -0.380. The van der Waals surface area contributed by atoms with Crippen LogP contribution in [0.3, 0.4) is 0 Å². The van der Waals surface area contributed by atoms with Gasteiger partial charge in [0.05, 0.1) is 12.2 Å². The Morgan fingerprint density at radius 2 is 1.90 bits per heavy atom. The molecule has 0 aliphatic heterocycles. The van der Waals surface area contributed by atoms with E-state index in [4.69, 9.17) is 4.74 Å². The van der Waals surface area contributed by atoms with E-state index in [0.717, 1.165) is 11.0 Å². The highest BCUT2D eigenvalue weighted by Crippen LogP contribution is 2.31. The van der Waals surface area contributed by atoms with Crippen molar-refractivity contribution in [2.24, 2.45) is 0 Å². The molecule has 0 bridgehead atoms. The molecule has 1 unspecified atom stereocenters. The van der Waals surface area contributed by atoms with Crippen LogP contribution in [-0.4, -0.2) is 18.2 Å². The average molecular weight is 340 g/mol. The lowest BCUT2D eigenvalue weighted by molar-refractivity contribution is -0.0118. The second-order valence-corrected chi connectivity index (χ2v) is 7.54. The minimum Gasteiger partial charge on any atom is -0.369 e. The summed E-state index contributed by atoms with van der Waals surface area (Å²) in [6.45, 7) is 7.43. The van der Waals surface area contributed by atoms with Crippen LogP contribution < -0.4 is 5.32 Å². The van der Waals surface area contributed by atoms with Crippen molar-refractivity contribution >= 4 is 15.9 Å². The molecule has 0 amide bonds. The molecule has 0 radical (unpaired) electrons. The second-order valence-electron chi connectivity index (χ2n) is 6.68. The fourth-order valence-electron chi connectivity index (χ4n) is 2.62. The summed E-state index contributed by atoms with van der Waals surface area (Å²) in [5, 5.41) is 3.58. The zero-order valence-corrected chi connectivity index (χ0v) is 14.4. The number of rotatable bonds is 5. The molecule has 0 saturated heterocycles. The molecule has 20 heavy (non-hydrogen) atoms. The Morgan fingerprint density at radius 3 is 2.50 bits per heavy atom. The van der Waals surface area contributed by atoms with Crippen LogP contribution in [-0.2, 0) is 4.74 Å². The SMILES string of the molecule is CC(C)(C)NCC(OC1CCCC1)c1ccccc1Br. The van der Waals surface area contributed by atoms with Gasteiger partial charge < -0.3 is 10.1 Å². The minimum atomic E-state index is 0.110. The van der Waals surface area contributed by atoms with E-state index in [0.29, 0.717) is 6.10 Å². The quantitative estimate of drug-likeness (QED) is 0.828. The molecule has 2 rings (SSSR count). The van der Waals surface area contributed by atoms with Crippen LogP contribution in [0, 0.1) is 0 Å². The van der Waals surface area contributed by atoms with Gasteiger partial charge in [-0.05, 0) is 45.2 Å². The third-order valence-electron chi connectivity index (χ3n) is 3.73. The Bertz CT molecular complexity index is 421. The molecule has 112 valence electrons. The first-order valence-electron chi connectivity index (χ1n) is 7.60. The number of benzene rings is 1. The van der Waals surface area contributed by atoms with Gasteiger partial charge >= 0.3 is 0 Å². The Balaban J connectivity index is 2.08. The van der Waals surface area contributed by atoms with Crippen LogP contribution in [0.2, 0.25) is 0 Å². The summed E-state index contributed by atoms with van der Waals surface area (Å²) < 4.78 is 7.52. The summed E-state index contributed by atoms with van der Waals surface area (Å²) >= 11 is 3.66. The van der Waals surface area contributed by atoms with Gasteiger partial charge in [0.25, 0.3) is 0 Å². The summed E-state index contributed by atoms with van der Waals surface area (Å²) in [4.78, 5) is 0. The molecule has 1 aliphatic rings. The van der Waals surface area contributed by atoms with Gasteiger partial charge in [-0.3, -0.25) is 0 Å². The van der Waals surface area contributed by atoms with Gasteiger partial charge in [0.15, 0.2) is 0 Å². The van der Waals surface area contributed by atoms with E-state index >= 15 is 0 Å². The summed E-state index contributed by atoms with van der Waals surface area (Å²) in [7, 11) is 0. The van der Waals surface area contributed by atoms with Crippen molar-refractivity contribution in [1.82, 2.24) is 5.32 Å². The maximum absolute atomic E-state index is 6.38. The normalized spacial score (nSPS) is 18.4. The number of halogens is 1. The second kappa shape index (κ2) is 7.06. The summed E-state index contributed by atoms with van der Waals surface area (Å²) in [5.74, 6) is 0.